The fourth-order valence-corrected chi connectivity index (χ4v) is 3.54. The first-order valence-electron chi connectivity index (χ1n) is 9.56. The van der Waals surface area contributed by atoms with Gasteiger partial charge in [-0.3, -0.25) is 14.2 Å². The van der Waals surface area contributed by atoms with Crippen molar-refractivity contribution in [3.63, 3.8) is 0 Å². The van der Waals surface area contributed by atoms with Gasteiger partial charge in [0.25, 0.3) is 5.56 Å². The second kappa shape index (κ2) is 9.62. The average molecular weight is 435 g/mol. The van der Waals surface area contributed by atoms with Gasteiger partial charge in [-0.05, 0) is 25.3 Å². The number of carbonyl (C=O) groups excluding carboxylic acids is 1. The number of halogens is 1. The summed E-state index contributed by atoms with van der Waals surface area (Å²) in [5.41, 5.74) is 0.662. The van der Waals surface area contributed by atoms with Crippen molar-refractivity contribution in [3.8, 4) is 0 Å². The van der Waals surface area contributed by atoms with Crippen molar-refractivity contribution in [2.75, 3.05) is 18.4 Å². The van der Waals surface area contributed by atoms with Crippen LogP contribution in [-0.2, 0) is 22.7 Å². The summed E-state index contributed by atoms with van der Waals surface area (Å²) in [6.07, 6.45) is 0.463. The molecule has 30 heavy (non-hydrogen) atoms. The van der Waals surface area contributed by atoms with Gasteiger partial charge in [-0.2, -0.15) is 0 Å². The zero-order chi connectivity index (χ0) is 21.7. The molecule has 1 aromatic carbocycles. The first-order chi connectivity index (χ1) is 14.4. The van der Waals surface area contributed by atoms with Crippen LogP contribution < -0.4 is 10.9 Å². The maximum absolute atomic E-state index is 12.8. The summed E-state index contributed by atoms with van der Waals surface area (Å²) in [4.78, 5) is 41.7. The van der Waals surface area contributed by atoms with Crippen LogP contribution in [-0.4, -0.2) is 50.8 Å². The molecule has 0 bridgehead atoms. The summed E-state index contributed by atoms with van der Waals surface area (Å²) >= 11 is 6.15. The van der Waals surface area contributed by atoms with E-state index in [0.29, 0.717) is 18.7 Å². The number of benzene rings is 1. The van der Waals surface area contributed by atoms with Gasteiger partial charge in [-0.1, -0.05) is 41.9 Å². The second-order valence-corrected chi connectivity index (χ2v) is 7.39. The van der Waals surface area contributed by atoms with Crippen LogP contribution in [0.4, 0.5) is 10.6 Å². The third-order valence-corrected chi connectivity index (χ3v) is 5.38. The SMILES string of the molecule is Cc1c(Cl)nc(NC[C@@H]2CCCN2C(=O)O)c(=O)n1CC(=O)OCc1ccccc1. The van der Waals surface area contributed by atoms with Crippen LogP contribution >= 0.6 is 11.6 Å². The molecule has 2 aromatic rings. The Bertz CT molecular complexity index is 979. The van der Waals surface area contributed by atoms with Crippen LogP contribution in [0.5, 0.6) is 0 Å². The van der Waals surface area contributed by atoms with Gasteiger partial charge in [0, 0.05) is 13.1 Å². The number of hydrogen-bond donors (Lipinski definition) is 2. The molecule has 2 heterocycles. The van der Waals surface area contributed by atoms with Crippen LogP contribution in [0.3, 0.4) is 0 Å². The molecule has 1 saturated heterocycles. The van der Waals surface area contributed by atoms with Crippen molar-refractivity contribution in [1.29, 1.82) is 0 Å². The standard InChI is InChI=1S/C20H23ClN4O5/c1-13-17(21)23-18(22-10-15-8-5-9-24(15)20(28)29)19(27)25(13)11-16(26)30-12-14-6-3-2-4-7-14/h2-4,6-7,15H,5,8-12H2,1H3,(H,22,23)(H,28,29)/t15-/m0/s1. The van der Waals surface area contributed by atoms with Crippen LogP contribution in [0.15, 0.2) is 35.1 Å². The highest BCUT2D eigenvalue weighted by Gasteiger charge is 2.28. The summed E-state index contributed by atoms with van der Waals surface area (Å²) in [5.74, 6) is -0.608. The fraction of sp³-hybridized carbons (Fsp3) is 0.400. The number of rotatable bonds is 7. The van der Waals surface area contributed by atoms with E-state index in [1.807, 2.05) is 30.3 Å². The van der Waals surface area contributed by atoms with Crippen molar-refractivity contribution in [2.45, 2.75) is 39.0 Å². The molecule has 0 spiro atoms. The first-order valence-corrected chi connectivity index (χ1v) is 9.94. The topological polar surface area (TPSA) is 114 Å². The molecule has 160 valence electrons. The summed E-state index contributed by atoms with van der Waals surface area (Å²) in [6.45, 7) is 2.07. The lowest BCUT2D eigenvalue weighted by Gasteiger charge is -2.22. The van der Waals surface area contributed by atoms with E-state index in [0.717, 1.165) is 12.0 Å². The second-order valence-electron chi connectivity index (χ2n) is 7.03. The van der Waals surface area contributed by atoms with Crippen LogP contribution in [0.2, 0.25) is 5.15 Å². The normalized spacial score (nSPS) is 15.8. The van der Waals surface area contributed by atoms with Crippen molar-refractivity contribution in [3.05, 3.63) is 57.1 Å². The third kappa shape index (κ3) is 5.10. The molecule has 10 heteroatoms. The minimum absolute atomic E-state index is 0.0290. The molecule has 1 atom stereocenters. The maximum Gasteiger partial charge on any atom is 0.407 e. The van der Waals surface area contributed by atoms with E-state index in [1.165, 1.54) is 9.47 Å². The van der Waals surface area contributed by atoms with Crippen LogP contribution in [0.1, 0.15) is 24.1 Å². The van der Waals surface area contributed by atoms with Crippen LogP contribution in [0, 0.1) is 6.92 Å². The lowest BCUT2D eigenvalue weighted by Crippen LogP contribution is -2.40. The predicted octanol–water partition coefficient (Wildman–Crippen LogP) is 2.50. The number of likely N-dealkylation sites (tertiary alicyclic amines) is 1. The number of carbonyl (C=O) groups is 2. The summed E-state index contributed by atoms with van der Waals surface area (Å²) < 4.78 is 6.45. The summed E-state index contributed by atoms with van der Waals surface area (Å²) in [7, 11) is 0. The van der Waals surface area contributed by atoms with Crippen LogP contribution in [0.25, 0.3) is 0 Å². The minimum Gasteiger partial charge on any atom is -0.465 e. The molecule has 1 amide bonds. The number of esters is 1. The van der Waals surface area contributed by atoms with Gasteiger partial charge < -0.3 is 20.1 Å². The highest BCUT2D eigenvalue weighted by Crippen LogP contribution is 2.18. The fourth-order valence-electron chi connectivity index (χ4n) is 3.35. The quantitative estimate of drug-likeness (QED) is 0.643. The van der Waals surface area contributed by atoms with Crippen molar-refractivity contribution in [2.24, 2.45) is 0 Å². The lowest BCUT2D eigenvalue weighted by molar-refractivity contribution is -0.145. The molecule has 0 radical (unpaired) electrons. The summed E-state index contributed by atoms with van der Waals surface area (Å²) in [6, 6.07) is 8.96. The van der Waals surface area contributed by atoms with E-state index in [1.54, 1.807) is 6.92 Å². The summed E-state index contributed by atoms with van der Waals surface area (Å²) in [5, 5.41) is 12.2. The van der Waals surface area contributed by atoms with Crippen molar-refractivity contribution < 1.29 is 19.4 Å². The predicted molar refractivity (Wildman–Crippen MR) is 111 cm³/mol. The molecule has 9 nitrogen and oxygen atoms in total. The first kappa shape index (κ1) is 21.6. The van der Waals surface area contributed by atoms with E-state index < -0.39 is 17.6 Å². The van der Waals surface area contributed by atoms with Crippen molar-refractivity contribution >= 4 is 29.5 Å². The largest absolute Gasteiger partial charge is 0.465 e. The number of nitrogens with one attached hydrogen (secondary N) is 1. The van der Waals surface area contributed by atoms with Gasteiger partial charge in [-0.25, -0.2) is 9.78 Å². The minimum atomic E-state index is -0.993. The Hall–Kier alpha value is -3.07. The van der Waals surface area contributed by atoms with E-state index >= 15 is 0 Å². The number of anilines is 1. The molecule has 2 N–H and O–H groups in total. The van der Waals surface area contributed by atoms with E-state index in [2.05, 4.69) is 10.3 Å². The molecular weight excluding hydrogens is 412 g/mol. The van der Waals surface area contributed by atoms with Gasteiger partial charge in [0.2, 0.25) is 0 Å². The molecule has 0 saturated carbocycles. The van der Waals surface area contributed by atoms with Gasteiger partial charge in [0.1, 0.15) is 13.2 Å². The van der Waals surface area contributed by atoms with Gasteiger partial charge >= 0.3 is 12.1 Å². The Balaban J connectivity index is 1.69. The van der Waals surface area contributed by atoms with Gasteiger partial charge in [0.15, 0.2) is 11.0 Å². The molecule has 1 aliphatic rings. The zero-order valence-electron chi connectivity index (χ0n) is 16.5. The Labute approximate surface area is 178 Å². The molecular formula is C20H23ClN4O5. The van der Waals surface area contributed by atoms with Crippen molar-refractivity contribution in [1.82, 2.24) is 14.5 Å². The smallest absolute Gasteiger partial charge is 0.407 e. The Morgan fingerprint density at radius 2 is 2.07 bits per heavy atom. The maximum atomic E-state index is 12.8. The third-order valence-electron chi connectivity index (χ3n) is 5.02. The van der Waals surface area contributed by atoms with Gasteiger partial charge in [-0.15, -0.1) is 0 Å². The molecule has 0 unspecified atom stereocenters. The van der Waals surface area contributed by atoms with E-state index in [-0.39, 0.29) is 36.7 Å². The number of ether oxygens (including phenoxy) is 1. The number of nitrogens with zero attached hydrogens (tertiary/aromatic N) is 3. The average Bonchev–Trinajstić information content (AvgIpc) is 3.21. The number of aromatic nitrogens is 2. The Morgan fingerprint density at radius 3 is 2.77 bits per heavy atom. The Morgan fingerprint density at radius 1 is 1.33 bits per heavy atom. The van der Waals surface area contributed by atoms with Gasteiger partial charge in [0.05, 0.1) is 11.7 Å². The monoisotopic (exact) mass is 434 g/mol. The Kier molecular flexibility index (Phi) is 6.94. The highest BCUT2D eigenvalue weighted by molar-refractivity contribution is 6.30. The number of carboxylic acid groups (broad SMARTS) is 1. The molecule has 1 aromatic heterocycles. The molecule has 3 rings (SSSR count). The van der Waals surface area contributed by atoms with E-state index in [9.17, 15) is 19.5 Å². The molecule has 1 fully saturated rings. The lowest BCUT2D eigenvalue weighted by atomic mass is 10.2. The highest BCUT2D eigenvalue weighted by atomic mass is 35.5. The molecule has 0 aliphatic carbocycles. The zero-order valence-corrected chi connectivity index (χ0v) is 17.3. The number of hydrogen-bond acceptors (Lipinski definition) is 6. The number of amides is 1. The molecule has 1 aliphatic heterocycles. The van der Waals surface area contributed by atoms with E-state index in [4.69, 9.17) is 16.3 Å².